The van der Waals surface area contributed by atoms with Gasteiger partial charge >= 0.3 is 6.03 Å². The number of nitrogens with one attached hydrogen (secondary N) is 2. The van der Waals surface area contributed by atoms with E-state index >= 15 is 0 Å². The van der Waals surface area contributed by atoms with E-state index < -0.39 is 5.54 Å². The monoisotopic (exact) mass is 536 g/mol. The van der Waals surface area contributed by atoms with Gasteiger partial charge in [-0.1, -0.05) is 20.8 Å². The molecule has 0 saturated carbocycles. The number of carbonyl (C=O) groups excluding carboxylic acids is 2. The van der Waals surface area contributed by atoms with Crippen LogP contribution in [0.2, 0.25) is 0 Å². The van der Waals surface area contributed by atoms with E-state index in [4.69, 9.17) is 4.99 Å². The molecule has 0 aliphatic carbocycles. The van der Waals surface area contributed by atoms with Gasteiger partial charge in [0.2, 0.25) is 0 Å². The fourth-order valence-electron chi connectivity index (χ4n) is 4.05. The van der Waals surface area contributed by atoms with Crippen LogP contribution in [0.15, 0.2) is 4.99 Å². The Hall–Kier alpha value is -1.10. The third kappa shape index (κ3) is 6.70. The molecule has 2 saturated heterocycles. The van der Waals surface area contributed by atoms with Crippen LogP contribution < -0.4 is 10.6 Å². The van der Waals surface area contributed by atoms with E-state index in [1.165, 1.54) is 11.3 Å². The van der Waals surface area contributed by atoms with Crippen molar-refractivity contribution in [2.24, 2.45) is 10.9 Å². The highest BCUT2D eigenvalue weighted by atomic mass is 127. The maximum absolute atomic E-state index is 12.5. The number of guanidine groups is 1. The van der Waals surface area contributed by atoms with Gasteiger partial charge in [0.25, 0.3) is 5.91 Å². The number of aliphatic imine (C=N–C) groups is 1. The van der Waals surface area contributed by atoms with Crippen LogP contribution in [0.5, 0.6) is 0 Å². The largest absolute Gasteiger partial charge is 0.357 e. The SMILES string of the molecule is CCNC(=NCCCN1C(=O)NC(C)(CC)C1=O)N1CCC(CN(CC)CC)C1.I. The molecule has 3 amide bonds. The summed E-state index contributed by atoms with van der Waals surface area (Å²) in [4.78, 5) is 35.5. The minimum absolute atomic E-state index is 0. The lowest BCUT2D eigenvalue weighted by atomic mass is 9.99. The topological polar surface area (TPSA) is 80.3 Å². The molecular weight excluding hydrogens is 495 g/mol. The van der Waals surface area contributed by atoms with Crippen molar-refractivity contribution < 1.29 is 9.59 Å². The molecule has 0 bridgehead atoms. The van der Waals surface area contributed by atoms with Gasteiger partial charge in [-0.05, 0) is 52.1 Å². The van der Waals surface area contributed by atoms with E-state index in [1.807, 2.05) is 6.92 Å². The molecule has 2 rings (SSSR count). The smallest absolute Gasteiger partial charge is 0.325 e. The van der Waals surface area contributed by atoms with Crippen LogP contribution >= 0.6 is 24.0 Å². The number of urea groups is 1. The summed E-state index contributed by atoms with van der Waals surface area (Å²) < 4.78 is 0. The third-order valence-corrected chi connectivity index (χ3v) is 6.18. The summed E-state index contributed by atoms with van der Waals surface area (Å²) in [5, 5.41) is 6.20. The Kier molecular flexibility index (Phi) is 11.4. The average molecular weight is 537 g/mol. The van der Waals surface area contributed by atoms with E-state index in [0.29, 0.717) is 31.8 Å². The van der Waals surface area contributed by atoms with Gasteiger partial charge in [0.05, 0.1) is 0 Å². The van der Waals surface area contributed by atoms with Crippen LogP contribution in [0.1, 0.15) is 53.9 Å². The maximum Gasteiger partial charge on any atom is 0.325 e. The molecule has 2 aliphatic rings. The lowest BCUT2D eigenvalue weighted by molar-refractivity contribution is -0.130. The lowest BCUT2D eigenvalue weighted by Gasteiger charge is -2.24. The van der Waals surface area contributed by atoms with E-state index in [1.54, 1.807) is 6.92 Å². The highest BCUT2D eigenvalue weighted by molar-refractivity contribution is 14.0. The molecule has 2 heterocycles. The molecule has 2 aliphatic heterocycles. The summed E-state index contributed by atoms with van der Waals surface area (Å²) in [6.07, 6.45) is 2.46. The Labute approximate surface area is 199 Å². The maximum atomic E-state index is 12.5. The van der Waals surface area contributed by atoms with E-state index in [-0.39, 0.29) is 35.9 Å². The molecule has 174 valence electrons. The highest BCUT2D eigenvalue weighted by Gasteiger charge is 2.45. The van der Waals surface area contributed by atoms with Crippen molar-refractivity contribution in [3.63, 3.8) is 0 Å². The molecule has 0 aromatic carbocycles. The van der Waals surface area contributed by atoms with E-state index in [0.717, 1.165) is 45.2 Å². The van der Waals surface area contributed by atoms with Crippen molar-refractivity contribution in [2.75, 3.05) is 52.4 Å². The second kappa shape index (κ2) is 12.7. The van der Waals surface area contributed by atoms with Gasteiger partial charge < -0.3 is 20.4 Å². The number of likely N-dealkylation sites (tertiary alicyclic amines) is 1. The zero-order valence-corrected chi connectivity index (χ0v) is 21.7. The van der Waals surface area contributed by atoms with Gasteiger partial charge in [0, 0.05) is 39.3 Å². The molecule has 9 heteroatoms. The Morgan fingerprint density at radius 1 is 1.27 bits per heavy atom. The second-order valence-electron chi connectivity index (χ2n) is 8.25. The van der Waals surface area contributed by atoms with Gasteiger partial charge in [-0.3, -0.25) is 14.7 Å². The number of imide groups is 1. The fourth-order valence-corrected chi connectivity index (χ4v) is 4.05. The van der Waals surface area contributed by atoms with Crippen LogP contribution in [0.3, 0.4) is 0 Å². The molecule has 2 N–H and O–H groups in total. The number of halogens is 1. The molecule has 30 heavy (non-hydrogen) atoms. The quantitative estimate of drug-likeness (QED) is 0.147. The predicted molar refractivity (Wildman–Crippen MR) is 132 cm³/mol. The molecule has 2 fully saturated rings. The summed E-state index contributed by atoms with van der Waals surface area (Å²) in [6, 6.07) is -0.283. The number of carbonyl (C=O) groups is 2. The van der Waals surface area contributed by atoms with Crippen LogP contribution in [0, 0.1) is 5.92 Å². The van der Waals surface area contributed by atoms with Crippen LogP contribution in [0.4, 0.5) is 4.79 Å². The number of hydrogen-bond donors (Lipinski definition) is 2. The van der Waals surface area contributed by atoms with Gasteiger partial charge in [0.1, 0.15) is 5.54 Å². The molecule has 0 radical (unpaired) electrons. The van der Waals surface area contributed by atoms with Crippen molar-refractivity contribution in [3.05, 3.63) is 0 Å². The minimum Gasteiger partial charge on any atom is -0.357 e. The predicted octanol–water partition coefficient (Wildman–Crippen LogP) is 2.34. The Morgan fingerprint density at radius 3 is 2.53 bits per heavy atom. The first kappa shape index (κ1) is 26.9. The van der Waals surface area contributed by atoms with Crippen molar-refractivity contribution >= 4 is 41.9 Å². The first-order chi connectivity index (χ1) is 13.9. The van der Waals surface area contributed by atoms with Crippen LogP contribution in [-0.2, 0) is 4.79 Å². The first-order valence-electron chi connectivity index (χ1n) is 11.3. The summed E-state index contributed by atoms with van der Waals surface area (Å²) in [5.41, 5.74) is -0.759. The van der Waals surface area contributed by atoms with Gasteiger partial charge in [-0.15, -0.1) is 24.0 Å². The summed E-state index contributed by atoms with van der Waals surface area (Å²) in [7, 11) is 0. The first-order valence-corrected chi connectivity index (χ1v) is 11.3. The molecule has 0 spiro atoms. The summed E-state index contributed by atoms with van der Waals surface area (Å²) in [6.45, 7) is 17.5. The number of hydrogen-bond acceptors (Lipinski definition) is 4. The Bertz CT molecular complexity index is 598. The van der Waals surface area contributed by atoms with Crippen LogP contribution in [0.25, 0.3) is 0 Å². The third-order valence-electron chi connectivity index (χ3n) is 6.18. The van der Waals surface area contributed by atoms with Crippen molar-refractivity contribution in [1.82, 2.24) is 25.3 Å². The van der Waals surface area contributed by atoms with Gasteiger partial charge in [-0.25, -0.2) is 4.79 Å². The molecule has 8 nitrogen and oxygen atoms in total. The van der Waals surface area contributed by atoms with Crippen molar-refractivity contribution in [2.45, 2.75) is 59.4 Å². The minimum atomic E-state index is -0.759. The van der Waals surface area contributed by atoms with Crippen molar-refractivity contribution in [1.29, 1.82) is 0 Å². The van der Waals surface area contributed by atoms with Gasteiger partial charge in [0.15, 0.2) is 5.96 Å². The van der Waals surface area contributed by atoms with Crippen molar-refractivity contribution in [3.8, 4) is 0 Å². The molecule has 0 aromatic rings. The Morgan fingerprint density at radius 2 is 1.97 bits per heavy atom. The van der Waals surface area contributed by atoms with E-state index in [9.17, 15) is 9.59 Å². The average Bonchev–Trinajstić information content (AvgIpc) is 3.26. The molecule has 0 aromatic heterocycles. The second-order valence-corrected chi connectivity index (χ2v) is 8.25. The highest BCUT2D eigenvalue weighted by Crippen LogP contribution is 2.21. The zero-order chi connectivity index (χ0) is 21.4. The van der Waals surface area contributed by atoms with E-state index in [2.05, 4.69) is 41.2 Å². The normalized spacial score (nSPS) is 24.5. The van der Waals surface area contributed by atoms with Crippen LogP contribution in [-0.4, -0.2) is 90.5 Å². The lowest BCUT2D eigenvalue weighted by Crippen LogP contribution is -2.43. The number of rotatable bonds is 10. The fraction of sp³-hybridized carbons (Fsp3) is 0.857. The number of amides is 3. The number of nitrogens with zero attached hydrogens (tertiary/aromatic N) is 4. The molecular formula is C21H41IN6O2. The summed E-state index contributed by atoms with van der Waals surface area (Å²) >= 11 is 0. The molecule has 2 atom stereocenters. The molecule has 2 unspecified atom stereocenters. The standard InChI is InChI=1S/C21H40N6O2.HI/c1-6-21(5)18(28)27(20(29)24-21)13-10-12-23-19(22-7-2)26-14-11-17(16-26)15-25(8-3)9-4;/h17H,6-16H2,1-5H3,(H,22,23)(H,24,29);1H. The summed E-state index contributed by atoms with van der Waals surface area (Å²) in [5.74, 6) is 1.50. The van der Waals surface area contributed by atoms with Gasteiger partial charge in [-0.2, -0.15) is 0 Å². The zero-order valence-electron chi connectivity index (χ0n) is 19.4. The Balaban J connectivity index is 0.00000450.